The van der Waals surface area contributed by atoms with Gasteiger partial charge in [-0.1, -0.05) is 13.8 Å². The average molecular weight is 145 g/mol. The van der Waals surface area contributed by atoms with E-state index in [1.807, 2.05) is 0 Å². The SMILES string of the molecule is CCC(N)(CC)CCCO. The van der Waals surface area contributed by atoms with Gasteiger partial charge < -0.3 is 10.8 Å². The summed E-state index contributed by atoms with van der Waals surface area (Å²) in [5.74, 6) is 0. The summed E-state index contributed by atoms with van der Waals surface area (Å²) in [4.78, 5) is 0. The smallest absolute Gasteiger partial charge is 0.0431 e. The molecule has 3 N–H and O–H groups in total. The highest BCUT2D eigenvalue weighted by atomic mass is 16.2. The predicted octanol–water partition coefficient (Wildman–Crippen LogP) is 1.28. The molecule has 2 heteroatoms. The molecule has 0 radical (unpaired) electrons. The van der Waals surface area contributed by atoms with Crippen LogP contribution in [0.3, 0.4) is 0 Å². The third-order valence-electron chi connectivity index (χ3n) is 2.24. The van der Waals surface area contributed by atoms with Gasteiger partial charge in [0.1, 0.15) is 0 Å². The molecule has 0 aromatic heterocycles. The Morgan fingerprint density at radius 3 is 2.10 bits per heavy atom. The van der Waals surface area contributed by atoms with Gasteiger partial charge in [-0.25, -0.2) is 0 Å². The summed E-state index contributed by atoms with van der Waals surface area (Å²) in [6, 6.07) is 0. The Morgan fingerprint density at radius 2 is 1.80 bits per heavy atom. The molecule has 0 aliphatic carbocycles. The summed E-state index contributed by atoms with van der Waals surface area (Å²) in [6.07, 6.45) is 3.78. The second-order valence-electron chi connectivity index (χ2n) is 2.90. The molecule has 0 heterocycles. The van der Waals surface area contributed by atoms with Gasteiger partial charge in [0.15, 0.2) is 0 Å². The molecule has 0 spiro atoms. The van der Waals surface area contributed by atoms with Crippen LogP contribution in [0.5, 0.6) is 0 Å². The fraction of sp³-hybridized carbons (Fsp3) is 1.00. The fourth-order valence-corrected chi connectivity index (χ4v) is 1.03. The van der Waals surface area contributed by atoms with Crippen molar-refractivity contribution in [3.05, 3.63) is 0 Å². The molecule has 0 rings (SSSR count). The Bertz CT molecular complexity index is 79.3. The summed E-state index contributed by atoms with van der Waals surface area (Å²) in [7, 11) is 0. The third-order valence-corrected chi connectivity index (χ3v) is 2.24. The lowest BCUT2D eigenvalue weighted by atomic mass is 9.89. The van der Waals surface area contributed by atoms with Gasteiger partial charge >= 0.3 is 0 Å². The van der Waals surface area contributed by atoms with E-state index in [1.54, 1.807) is 0 Å². The molecule has 0 fully saturated rings. The fourth-order valence-electron chi connectivity index (χ4n) is 1.03. The third kappa shape index (κ3) is 3.18. The highest BCUT2D eigenvalue weighted by molar-refractivity contribution is 4.80. The zero-order chi connectivity index (χ0) is 8.04. The molecule has 0 atom stereocenters. The predicted molar refractivity (Wildman–Crippen MR) is 43.8 cm³/mol. The van der Waals surface area contributed by atoms with Crippen molar-refractivity contribution in [3.8, 4) is 0 Å². The van der Waals surface area contributed by atoms with Gasteiger partial charge in [-0.3, -0.25) is 0 Å². The maximum atomic E-state index is 8.57. The molecule has 62 valence electrons. The molecule has 0 aliphatic rings. The lowest BCUT2D eigenvalue weighted by Crippen LogP contribution is -2.38. The van der Waals surface area contributed by atoms with Gasteiger partial charge in [0.05, 0.1) is 0 Å². The lowest BCUT2D eigenvalue weighted by Gasteiger charge is -2.25. The quantitative estimate of drug-likeness (QED) is 0.612. The van der Waals surface area contributed by atoms with E-state index in [4.69, 9.17) is 10.8 Å². The number of hydrogen-bond donors (Lipinski definition) is 2. The summed E-state index contributed by atoms with van der Waals surface area (Å²) in [5.41, 5.74) is 5.95. The molecule has 0 unspecified atom stereocenters. The van der Waals surface area contributed by atoms with Crippen LogP contribution in [0, 0.1) is 0 Å². The molecule has 0 aromatic carbocycles. The zero-order valence-corrected chi connectivity index (χ0v) is 7.06. The molecule has 0 aromatic rings. The molecular formula is C8H19NO. The topological polar surface area (TPSA) is 46.2 Å². The maximum absolute atomic E-state index is 8.57. The van der Waals surface area contributed by atoms with Gasteiger partial charge in [-0.15, -0.1) is 0 Å². The number of aliphatic hydroxyl groups is 1. The van der Waals surface area contributed by atoms with E-state index >= 15 is 0 Å². The number of rotatable bonds is 5. The number of nitrogens with two attached hydrogens (primary N) is 1. The molecule has 0 bridgehead atoms. The van der Waals surface area contributed by atoms with Crippen molar-refractivity contribution in [1.82, 2.24) is 0 Å². The molecule has 0 saturated carbocycles. The normalized spacial score (nSPS) is 12.0. The Kier molecular flexibility index (Phi) is 4.65. The van der Waals surface area contributed by atoms with Crippen LogP contribution in [0.15, 0.2) is 0 Å². The van der Waals surface area contributed by atoms with E-state index in [0.29, 0.717) is 0 Å². The first-order chi connectivity index (χ1) is 4.68. The standard InChI is InChI=1S/C8H19NO/c1-3-8(9,4-2)6-5-7-10/h10H,3-7,9H2,1-2H3. The Labute approximate surface area is 63.4 Å². The van der Waals surface area contributed by atoms with E-state index in [9.17, 15) is 0 Å². The van der Waals surface area contributed by atoms with Crippen LogP contribution in [0.4, 0.5) is 0 Å². The molecule has 0 aliphatic heterocycles. The van der Waals surface area contributed by atoms with Gasteiger partial charge in [0, 0.05) is 12.1 Å². The van der Waals surface area contributed by atoms with Crippen LogP contribution in [0.1, 0.15) is 39.5 Å². The van der Waals surface area contributed by atoms with Crippen LogP contribution < -0.4 is 5.73 Å². The minimum absolute atomic E-state index is 0.0251. The molecule has 0 saturated heterocycles. The van der Waals surface area contributed by atoms with Crippen LogP contribution in [-0.4, -0.2) is 17.3 Å². The molecule has 2 nitrogen and oxygen atoms in total. The van der Waals surface area contributed by atoms with E-state index in [0.717, 1.165) is 25.7 Å². The van der Waals surface area contributed by atoms with Crippen LogP contribution in [0.25, 0.3) is 0 Å². The minimum atomic E-state index is -0.0251. The largest absolute Gasteiger partial charge is 0.396 e. The average Bonchev–Trinajstić information content (AvgIpc) is 2.00. The molecule has 10 heavy (non-hydrogen) atoms. The van der Waals surface area contributed by atoms with Crippen LogP contribution >= 0.6 is 0 Å². The Hall–Kier alpha value is -0.0800. The number of hydrogen-bond acceptors (Lipinski definition) is 2. The first-order valence-corrected chi connectivity index (χ1v) is 4.08. The van der Waals surface area contributed by atoms with Crippen molar-refractivity contribution in [2.75, 3.05) is 6.61 Å². The molecular weight excluding hydrogens is 126 g/mol. The second-order valence-corrected chi connectivity index (χ2v) is 2.90. The van der Waals surface area contributed by atoms with Crippen LogP contribution in [0.2, 0.25) is 0 Å². The van der Waals surface area contributed by atoms with E-state index in [2.05, 4.69) is 13.8 Å². The molecule has 0 amide bonds. The second kappa shape index (κ2) is 4.69. The van der Waals surface area contributed by atoms with Crippen molar-refractivity contribution >= 4 is 0 Å². The summed E-state index contributed by atoms with van der Waals surface area (Å²) in [5, 5.41) is 8.57. The highest BCUT2D eigenvalue weighted by Crippen LogP contribution is 2.17. The minimum Gasteiger partial charge on any atom is -0.396 e. The number of aliphatic hydroxyl groups excluding tert-OH is 1. The summed E-state index contributed by atoms with van der Waals surface area (Å²) < 4.78 is 0. The highest BCUT2D eigenvalue weighted by Gasteiger charge is 2.18. The van der Waals surface area contributed by atoms with Crippen LogP contribution in [-0.2, 0) is 0 Å². The van der Waals surface area contributed by atoms with Gasteiger partial charge in [0.25, 0.3) is 0 Å². The van der Waals surface area contributed by atoms with E-state index in [-0.39, 0.29) is 12.1 Å². The van der Waals surface area contributed by atoms with Crippen molar-refractivity contribution < 1.29 is 5.11 Å². The summed E-state index contributed by atoms with van der Waals surface area (Å²) in [6.45, 7) is 4.46. The van der Waals surface area contributed by atoms with Crippen molar-refractivity contribution in [2.45, 2.75) is 45.1 Å². The first kappa shape index (κ1) is 9.92. The summed E-state index contributed by atoms with van der Waals surface area (Å²) >= 11 is 0. The van der Waals surface area contributed by atoms with Crippen molar-refractivity contribution in [3.63, 3.8) is 0 Å². The van der Waals surface area contributed by atoms with Gasteiger partial charge in [-0.2, -0.15) is 0 Å². The van der Waals surface area contributed by atoms with Crippen molar-refractivity contribution in [1.29, 1.82) is 0 Å². The first-order valence-electron chi connectivity index (χ1n) is 4.08. The zero-order valence-electron chi connectivity index (χ0n) is 7.06. The Morgan fingerprint density at radius 1 is 1.30 bits per heavy atom. The van der Waals surface area contributed by atoms with E-state index < -0.39 is 0 Å². The lowest BCUT2D eigenvalue weighted by molar-refractivity contribution is 0.254. The maximum Gasteiger partial charge on any atom is 0.0431 e. The van der Waals surface area contributed by atoms with Crippen molar-refractivity contribution in [2.24, 2.45) is 5.73 Å². The van der Waals surface area contributed by atoms with E-state index in [1.165, 1.54) is 0 Å². The Balaban J connectivity index is 3.58. The van der Waals surface area contributed by atoms with Gasteiger partial charge in [0.2, 0.25) is 0 Å². The van der Waals surface area contributed by atoms with Gasteiger partial charge in [-0.05, 0) is 25.7 Å². The monoisotopic (exact) mass is 145 g/mol.